The van der Waals surface area contributed by atoms with Crippen LogP contribution < -0.4 is 5.32 Å². The lowest BCUT2D eigenvalue weighted by molar-refractivity contribution is -0.0959. The summed E-state index contributed by atoms with van der Waals surface area (Å²) in [5, 5.41) is 2.87. The second-order valence-corrected chi connectivity index (χ2v) is 6.03. The number of anilines is 1. The minimum atomic E-state index is -0.188. The van der Waals surface area contributed by atoms with Crippen molar-refractivity contribution in [2.24, 2.45) is 5.92 Å². The van der Waals surface area contributed by atoms with Crippen molar-refractivity contribution in [1.29, 1.82) is 0 Å². The van der Waals surface area contributed by atoms with Gasteiger partial charge in [-0.2, -0.15) is 0 Å². The number of benzene rings is 1. The number of rotatable bonds is 3. The van der Waals surface area contributed by atoms with E-state index in [9.17, 15) is 9.59 Å². The summed E-state index contributed by atoms with van der Waals surface area (Å²) in [5.41, 5.74) is 1.23. The molecule has 23 heavy (non-hydrogen) atoms. The Morgan fingerprint density at radius 2 is 2.04 bits per heavy atom. The van der Waals surface area contributed by atoms with Gasteiger partial charge in [0, 0.05) is 30.3 Å². The van der Waals surface area contributed by atoms with E-state index in [2.05, 4.69) is 5.32 Å². The first-order valence-corrected chi connectivity index (χ1v) is 8.03. The first-order valence-electron chi connectivity index (χ1n) is 8.03. The van der Waals surface area contributed by atoms with Crippen LogP contribution >= 0.6 is 0 Å². The molecule has 0 spiro atoms. The maximum Gasteiger partial charge on any atom is 0.321 e. The van der Waals surface area contributed by atoms with Gasteiger partial charge in [-0.15, -0.1) is 0 Å². The highest BCUT2D eigenvalue weighted by molar-refractivity contribution is 5.96. The molecule has 0 aromatic heterocycles. The van der Waals surface area contributed by atoms with Crippen LogP contribution in [0.25, 0.3) is 0 Å². The summed E-state index contributed by atoms with van der Waals surface area (Å²) < 4.78 is 11.1. The van der Waals surface area contributed by atoms with Crippen LogP contribution in [0.1, 0.15) is 30.1 Å². The molecule has 0 saturated carbocycles. The first-order chi connectivity index (χ1) is 11.1. The van der Waals surface area contributed by atoms with Crippen molar-refractivity contribution in [3.63, 3.8) is 0 Å². The first kappa shape index (κ1) is 16.0. The number of nitrogens with one attached hydrogen (secondary N) is 1. The molecule has 0 aliphatic carbocycles. The van der Waals surface area contributed by atoms with Gasteiger partial charge in [0.25, 0.3) is 0 Å². The van der Waals surface area contributed by atoms with Crippen molar-refractivity contribution in [2.45, 2.75) is 26.1 Å². The second-order valence-electron chi connectivity index (χ2n) is 6.03. The van der Waals surface area contributed by atoms with E-state index in [0.29, 0.717) is 31.0 Å². The van der Waals surface area contributed by atoms with Crippen LogP contribution in [0.2, 0.25) is 0 Å². The number of likely N-dealkylation sites (tertiary alicyclic amines) is 1. The molecule has 2 heterocycles. The van der Waals surface area contributed by atoms with E-state index in [1.165, 1.54) is 6.92 Å². The normalized spacial score (nSPS) is 22.1. The lowest BCUT2D eigenvalue weighted by Crippen LogP contribution is -2.45. The monoisotopic (exact) mass is 318 g/mol. The van der Waals surface area contributed by atoms with Gasteiger partial charge in [0.05, 0.1) is 13.2 Å². The summed E-state index contributed by atoms with van der Waals surface area (Å²) in [6.45, 7) is 4.12. The Balaban J connectivity index is 1.61. The Bertz CT molecular complexity index is 584. The highest BCUT2D eigenvalue weighted by Crippen LogP contribution is 2.25. The third kappa shape index (κ3) is 3.89. The summed E-state index contributed by atoms with van der Waals surface area (Å²) in [6, 6.07) is 6.85. The number of carbonyl (C=O) groups is 2. The molecular formula is C17H22N2O4. The summed E-state index contributed by atoms with van der Waals surface area (Å²) >= 11 is 0. The SMILES string of the molecule is CC(=O)c1cccc(NC(=O)N2CCCC(C3OCCO3)C2)c1. The van der Waals surface area contributed by atoms with Crippen LogP contribution in [-0.4, -0.2) is 49.3 Å². The van der Waals surface area contributed by atoms with Gasteiger partial charge in [-0.3, -0.25) is 4.79 Å². The Labute approximate surface area is 135 Å². The van der Waals surface area contributed by atoms with E-state index in [0.717, 1.165) is 19.4 Å². The van der Waals surface area contributed by atoms with E-state index in [4.69, 9.17) is 9.47 Å². The topological polar surface area (TPSA) is 67.9 Å². The molecule has 1 unspecified atom stereocenters. The predicted molar refractivity (Wildman–Crippen MR) is 85.5 cm³/mol. The highest BCUT2D eigenvalue weighted by Gasteiger charge is 2.32. The molecule has 2 amide bonds. The van der Waals surface area contributed by atoms with E-state index in [-0.39, 0.29) is 24.0 Å². The van der Waals surface area contributed by atoms with Gasteiger partial charge in [-0.25, -0.2) is 4.79 Å². The lowest BCUT2D eigenvalue weighted by atomic mass is 9.98. The van der Waals surface area contributed by atoms with E-state index >= 15 is 0 Å². The van der Waals surface area contributed by atoms with Crippen molar-refractivity contribution < 1.29 is 19.1 Å². The molecule has 2 aliphatic heterocycles. The third-order valence-corrected chi connectivity index (χ3v) is 4.30. The molecule has 1 atom stereocenters. The van der Waals surface area contributed by atoms with Gasteiger partial charge in [0.2, 0.25) is 0 Å². The van der Waals surface area contributed by atoms with Crippen molar-refractivity contribution in [2.75, 3.05) is 31.6 Å². The van der Waals surface area contributed by atoms with Crippen LogP contribution in [0, 0.1) is 5.92 Å². The molecule has 2 fully saturated rings. The number of hydrogen-bond donors (Lipinski definition) is 1. The number of ether oxygens (including phenoxy) is 2. The van der Waals surface area contributed by atoms with Gasteiger partial charge in [-0.05, 0) is 31.9 Å². The van der Waals surface area contributed by atoms with E-state index < -0.39 is 0 Å². The third-order valence-electron chi connectivity index (χ3n) is 4.30. The van der Waals surface area contributed by atoms with Gasteiger partial charge in [0.1, 0.15) is 0 Å². The molecule has 124 valence electrons. The molecule has 0 bridgehead atoms. The Kier molecular flexibility index (Phi) is 4.93. The summed E-state index contributed by atoms with van der Waals surface area (Å²) in [7, 11) is 0. The highest BCUT2D eigenvalue weighted by atomic mass is 16.7. The van der Waals surface area contributed by atoms with Gasteiger partial charge < -0.3 is 19.7 Å². The number of ketones is 1. The molecule has 1 aromatic carbocycles. The van der Waals surface area contributed by atoms with E-state index in [1.807, 2.05) is 0 Å². The van der Waals surface area contributed by atoms with Crippen LogP contribution in [-0.2, 0) is 9.47 Å². The summed E-state index contributed by atoms with van der Waals surface area (Å²) in [6.07, 6.45) is 1.76. The zero-order chi connectivity index (χ0) is 16.2. The molecular weight excluding hydrogens is 296 g/mol. The Hall–Kier alpha value is -1.92. The number of piperidine rings is 1. The van der Waals surface area contributed by atoms with Crippen molar-refractivity contribution in [1.82, 2.24) is 4.90 Å². The molecule has 3 rings (SSSR count). The summed E-state index contributed by atoms with van der Waals surface area (Å²) in [5.74, 6) is 0.204. The maximum absolute atomic E-state index is 12.5. The quantitative estimate of drug-likeness (QED) is 0.870. The lowest BCUT2D eigenvalue weighted by Gasteiger charge is -2.34. The minimum Gasteiger partial charge on any atom is -0.350 e. The Morgan fingerprint density at radius 1 is 1.26 bits per heavy atom. The number of Topliss-reactive ketones (excluding diaryl/α,β-unsaturated/α-hetero) is 1. The fraction of sp³-hybridized carbons (Fsp3) is 0.529. The van der Waals surface area contributed by atoms with Crippen molar-refractivity contribution >= 4 is 17.5 Å². The number of amides is 2. The molecule has 2 saturated heterocycles. The zero-order valence-electron chi connectivity index (χ0n) is 13.3. The Morgan fingerprint density at radius 3 is 2.78 bits per heavy atom. The molecule has 2 aliphatic rings. The van der Waals surface area contributed by atoms with Crippen molar-refractivity contribution in [3.8, 4) is 0 Å². The maximum atomic E-state index is 12.5. The second kappa shape index (κ2) is 7.10. The fourth-order valence-electron chi connectivity index (χ4n) is 3.08. The van der Waals surface area contributed by atoms with Gasteiger partial charge in [0.15, 0.2) is 12.1 Å². The van der Waals surface area contributed by atoms with Crippen LogP contribution in [0.3, 0.4) is 0 Å². The number of carbonyl (C=O) groups excluding carboxylic acids is 2. The van der Waals surface area contributed by atoms with Crippen LogP contribution in [0.4, 0.5) is 10.5 Å². The minimum absolute atomic E-state index is 0.0188. The van der Waals surface area contributed by atoms with Crippen LogP contribution in [0.5, 0.6) is 0 Å². The zero-order valence-corrected chi connectivity index (χ0v) is 13.3. The predicted octanol–water partition coefficient (Wildman–Crippen LogP) is 2.51. The molecule has 6 heteroatoms. The molecule has 6 nitrogen and oxygen atoms in total. The van der Waals surface area contributed by atoms with Gasteiger partial charge >= 0.3 is 6.03 Å². The molecule has 1 N–H and O–H groups in total. The standard InChI is InChI=1S/C17H22N2O4/c1-12(20)13-4-2-6-15(10-13)18-17(21)19-7-3-5-14(11-19)16-22-8-9-23-16/h2,4,6,10,14,16H,3,5,7-9,11H2,1H3,(H,18,21). The number of urea groups is 1. The average molecular weight is 318 g/mol. The van der Waals surface area contributed by atoms with Crippen LogP contribution in [0.15, 0.2) is 24.3 Å². The number of nitrogens with zero attached hydrogens (tertiary/aromatic N) is 1. The molecule has 0 radical (unpaired) electrons. The largest absolute Gasteiger partial charge is 0.350 e. The summed E-state index contributed by atoms with van der Waals surface area (Å²) in [4.78, 5) is 25.7. The average Bonchev–Trinajstić information content (AvgIpc) is 3.10. The number of hydrogen-bond acceptors (Lipinski definition) is 4. The fourth-order valence-corrected chi connectivity index (χ4v) is 3.08. The smallest absolute Gasteiger partial charge is 0.321 e. The molecule has 1 aromatic rings. The van der Waals surface area contributed by atoms with E-state index in [1.54, 1.807) is 29.2 Å². The van der Waals surface area contributed by atoms with Crippen molar-refractivity contribution in [3.05, 3.63) is 29.8 Å². The van der Waals surface area contributed by atoms with Gasteiger partial charge in [-0.1, -0.05) is 12.1 Å².